The van der Waals surface area contributed by atoms with Gasteiger partial charge < -0.3 is 11.1 Å². The van der Waals surface area contributed by atoms with E-state index in [0.717, 1.165) is 12.0 Å². The SMILES string of the molecule is CCC(CC(=O)Nc1cccc(S(=O)(=O)NCCN)c1)c1ccccc1.Cl. The number of carbonyl (C=O) groups is 1. The number of nitrogens with one attached hydrogen (secondary N) is 2. The van der Waals surface area contributed by atoms with Gasteiger partial charge in [0.25, 0.3) is 0 Å². The molecule has 8 heteroatoms. The lowest BCUT2D eigenvalue weighted by atomic mass is 9.93. The van der Waals surface area contributed by atoms with E-state index in [1.54, 1.807) is 12.1 Å². The smallest absolute Gasteiger partial charge is 0.240 e. The normalized spacial score (nSPS) is 12.1. The van der Waals surface area contributed by atoms with E-state index in [1.165, 1.54) is 12.1 Å². The third-order valence-corrected chi connectivity index (χ3v) is 5.52. The molecule has 0 saturated carbocycles. The summed E-state index contributed by atoms with van der Waals surface area (Å²) in [6.45, 7) is 2.42. The zero-order chi connectivity index (χ0) is 19.0. The summed E-state index contributed by atoms with van der Waals surface area (Å²) in [4.78, 5) is 12.5. The number of amides is 1. The molecule has 0 spiro atoms. The van der Waals surface area contributed by atoms with Crippen LogP contribution < -0.4 is 15.8 Å². The molecule has 0 aliphatic heterocycles. The molecule has 148 valence electrons. The van der Waals surface area contributed by atoms with Crippen LogP contribution in [0.4, 0.5) is 5.69 Å². The van der Waals surface area contributed by atoms with E-state index in [1.807, 2.05) is 37.3 Å². The zero-order valence-corrected chi connectivity index (χ0v) is 16.9. The van der Waals surface area contributed by atoms with Gasteiger partial charge in [-0.3, -0.25) is 4.79 Å². The quantitative estimate of drug-likeness (QED) is 0.590. The van der Waals surface area contributed by atoms with Gasteiger partial charge in [-0.1, -0.05) is 43.3 Å². The molecule has 0 aliphatic rings. The number of sulfonamides is 1. The van der Waals surface area contributed by atoms with E-state index in [4.69, 9.17) is 5.73 Å². The molecule has 0 heterocycles. The first-order chi connectivity index (χ1) is 12.5. The highest BCUT2D eigenvalue weighted by atomic mass is 35.5. The molecule has 27 heavy (non-hydrogen) atoms. The molecule has 1 unspecified atom stereocenters. The monoisotopic (exact) mass is 411 g/mol. The largest absolute Gasteiger partial charge is 0.329 e. The summed E-state index contributed by atoms with van der Waals surface area (Å²) in [5.74, 6) is -0.0282. The standard InChI is InChI=1S/C19H25N3O3S.ClH/c1-2-15(16-7-4-3-5-8-16)13-19(23)22-17-9-6-10-18(14-17)26(24,25)21-12-11-20;/h3-10,14-15,21H,2,11-13,20H2,1H3,(H,22,23);1H. The molecule has 4 N–H and O–H groups in total. The molecule has 2 aromatic rings. The maximum atomic E-state index is 12.4. The third-order valence-electron chi connectivity index (χ3n) is 4.06. The summed E-state index contributed by atoms with van der Waals surface area (Å²) in [5.41, 5.74) is 6.90. The lowest BCUT2D eigenvalue weighted by Crippen LogP contribution is -2.29. The average Bonchev–Trinajstić information content (AvgIpc) is 2.65. The van der Waals surface area contributed by atoms with Crippen molar-refractivity contribution >= 4 is 34.0 Å². The van der Waals surface area contributed by atoms with Crippen molar-refractivity contribution in [3.8, 4) is 0 Å². The Hall–Kier alpha value is -1.93. The summed E-state index contributed by atoms with van der Waals surface area (Å²) in [6, 6.07) is 16.1. The highest BCUT2D eigenvalue weighted by molar-refractivity contribution is 7.89. The first-order valence-corrected chi connectivity index (χ1v) is 10.1. The Labute approximate surface area is 167 Å². The van der Waals surface area contributed by atoms with Gasteiger partial charge in [-0.15, -0.1) is 12.4 Å². The maximum absolute atomic E-state index is 12.4. The van der Waals surface area contributed by atoms with Crippen LogP contribution in [-0.4, -0.2) is 27.4 Å². The second-order valence-corrected chi connectivity index (χ2v) is 7.75. The van der Waals surface area contributed by atoms with Gasteiger partial charge in [0, 0.05) is 25.2 Å². The highest BCUT2D eigenvalue weighted by Crippen LogP contribution is 2.24. The average molecular weight is 412 g/mol. The van der Waals surface area contributed by atoms with Gasteiger partial charge in [-0.05, 0) is 36.1 Å². The number of carbonyl (C=O) groups excluding carboxylic acids is 1. The number of hydrogen-bond donors (Lipinski definition) is 3. The van der Waals surface area contributed by atoms with Crippen LogP contribution in [0, 0.1) is 0 Å². The predicted molar refractivity (Wildman–Crippen MR) is 111 cm³/mol. The Bertz CT molecular complexity index is 829. The lowest BCUT2D eigenvalue weighted by Gasteiger charge is -2.15. The van der Waals surface area contributed by atoms with E-state index >= 15 is 0 Å². The Morgan fingerprint density at radius 3 is 2.44 bits per heavy atom. The second kappa shape index (κ2) is 11.0. The Morgan fingerprint density at radius 2 is 1.81 bits per heavy atom. The predicted octanol–water partition coefficient (Wildman–Crippen LogP) is 2.87. The van der Waals surface area contributed by atoms with Gasteiger partial charge in [0.2, 0.25) is 15.9 Å². The van der Waals surface area contributed by atoms with Crippen molar-refractivity contribution in [1.29, 1.82) is 0 Å². The fourth-order valence-corrected chi connectivity index (χ4v) is 3.77. The van der Waals surface area contributed by atoms with Gasteiger partial charge in [-0.2, -0.15) is 0 Å². The first kappa shape index (κ1) is 23.1. The number of benzene rings is 2. The molecule has 0 radical (unpaired) electrons. The lowest BCUT2D eigenvalue weighted by molar-refractivity contribution is -0.116. The fraction of sp³-hybridized carbons (Fsp3) is 0.316. The molecule has 1 amide bonds. The van der Waals surface area contributed by atoms with E-state index in [-0.39, 0.29) is 42.2 Å². The number of anilines is 1. The van der Waals surface area contributed by atoms with Gasteiger partial charge in [-0.25, -0.2) is 13.1 Å². The molecule has 0 aromatic heterocycles. The van der Waals surface area contributed by atoms with Crippen LogP contribution in [0.3, 0.4) is 0 Å². The van der Waals surface area contributed by atoms with Crippen LogP contribution in [0.5, 0.6) is 0 Å². The molecule has 2 aromatic carbocycles. The number of nitrogens with two attached hydrogens (primary N) is 1. The van der Waals surface area contributed by atoms with Gasteiger partial charge in [0.1, 0.15) is 0 Å². The van der Waals surface area contributed by atoms with E-state index in [0.29, 0.717) is 12.1 Å². The summed E-state index contributed by atoms with van der Waals surface area (Å²) in [6.07, 6.45) is 1.18. The van der Waals surface area contributed by atoms with E-state index < -0.39 is 10.0 Å². The first-order valence-electron chi connectivity index (χ1n) is 8.61. The van der Waals surface area contributed by atoms with Crippen molar-refractivity contribution in [2.45, 2.75) is 30.6 Å². The molecular formula is C19H26ClN3O3S. The summed E-state index contributed by atoms with van der Waals surface area (Å²) in [7, 11) is -3.63. The number of rotatable bonds is 9. The van der Waals surface area contributed by atoms with Gasteiger partial charge in [0.05, 0.1) is 4.90 Å². The molecule has 0 aliphatic carbocycles. The summed E-state index contributed by atoms with van der Waals surface area (Å²) in [5, 5.41) is 2.79. The minimum absolute atomic E-state index is 0. The summed E-state index contributed by atoms with van der Waals surface area (Å²) < 4.78 is 26.7. The molecule has 0 bridgehead atoms. The maximum Gasteiger partial charge on any atom is 0.240 e. The molecule has 0 saturated heterocycles. The van der Waals surface area contributed by atoms with Crippen molar-refractivity contribution in [3.63, 3.8) is 0 Å². The van der Waals surface area contributed by atoms with Crippen LogP contribution in [0.25, 0.3) is 0 Å². The molecule has 0 fully saturated rings. The van der Waals surface area contributed by atoms with Crippen LogP contribution in [0.1, 0.15) is 31.2 Å². The Morgan fingerprint density at radius 1 is 1.11 bits per heavy atom. The minimum atomic E-state index is -3.63. The summed E-state index contributed by atoms with van der Waals surface area (Å²) >= 11 is 0. The van der Waals surface area contributed by atoms with E-state index in [9.17, 15) is 13.2 Å². The van der Waals surface area contributed by atoms with Crippen LogP contribution in [-0.2, 0) is 14.8 Å². The molecule has 6 nitrogen and oxygen atoms in total. The van der Waals surface area contributed by atoms with Crippen molar-refractivity contribution in [3.05, 3.63) is 60.2 Å². The highest BCUT2D eigenvalue weighted by Gasteiger charge is 2.16. The molecular weight excluding hydrogens is 386 g/mol. The van der Waals surface area contributed by atoms with Gasteiger partial charge >= 0.3 is 0 Å². The van der Waals surface area contributed by atoms with Gasteiger partial charge in [0.15, 0.2) is 0 Å². The number of hydrogen-bond acceptors (Lipinski definition) is 4. The van der Waals surface area contributed by atoms with Crippen LogP contribution >= 0.6 is 12.4 Å². The zero-order valence-electron chi connectivity index (χ0n) is 15.2. The molecule has 1 atom stereocenters. The van der Waals surface area contributed by atoms with Crippen molar-refractivity contribution in [1.82, 2.24) is 4.72 Å². The Kier molecular flexibility index (Phi) is 9.45. The van der Waals surface area contributed by atoms with Crippen LogP contribution in [0.15, 0.2) is 59.5 Å². The minimum Gasteiger partial charge on any atom is -0.329 e. The number of halogens is 1. The van der Waals surface area contributed by atoms with Crippen molar-refractivity contribution < 1.29 is 13.2 Å². The fourth-order valence-electron chi connectivity index (χ4n) is 2.68. The third kappa shape index (κ3) is 6.95. The van der Waals surface area contributed by atoms with Crippen molar-refractivity contribution in [2.75, 3.05) is 18.4 Å². The molecule has 2 rings (SSSR count). The Balaban J connectivity index is 0.00000364. The second-order valence-electron chi connectivity index (χ2n) is 5.98. The van der Waals surface area contributed by atoms with Crippen LogP contribution in [0.2, 0.25) is 0 Å². The topological polar surface area (TPSA) is 101 Å². The van der Waals surface area contributed by atoms with Crippen molar-refractivity contribution in [2.24, 2.45) is 5.73 Å². The van der Waals surface area contributed by atoms with E-state index in [2.05, 4.69) is 10.0 Å².